The van der Waals surface area contributed by atoms with Crippen LogP contribution < -0.4 is 4.90 Å². The van der Waals surface area contributed by atoms with E-state index in [0.29, 0.717) is 6.04 Å². The molecular weight excluding hydrogens is 290 g/mol. The standard InChI is InChI=1S/C15H24BrNO/c1-10(18)13-8-7-12(9-14(13)16)17(6)11(2)15(3,4)5/h7-11,18H,1-6H3/t10-,11?/m0/s1. The Bertz CT molecular complexity index is 409. The molecular formula is C15H24BrNO. The number of halogens is 1. The number of aliphatic hydroxyl groups is 1. The van der Waals surface area contributed by atoms with Crippen molar-refractivity contribution in [1.29, 1.82) is 0 Å². The highest BCUT2D eigenvalue weighted by Gasteiger charge is 2.24. The molecule has 1 rings (SSSR count). The molecule has 0 fully saturated rings. The summed E-state index contributed by atoms with van der Waals surface area (Å²) in [6.07, 6.45) is -0.446. The van der Waals surface area contributed by atoms with Crippen LogP contribution >= 0.6 is 15.9 Å². The summed E-state index contributed by atoms with van der Waals surface area (Å²) in [6, 6.07) is 6.55. The summed E-state index contributed by atoms with van der Waals surface area (Å²) < 4.78 is 0.961. The fraction of sp³-hybridized carbons (Fsp3) is 0.600. The monoisotopic (exact) mass is 313 g/mol. The van der Waals surface area contributed by atoms with Crippen LogP contribution in [0.25, 0.3) is 0 Å². The summed E-state index contributed by atoms with van der Waals surface area (Å²) in [5, 5.41) is 9.63. The fourth-order valence-electron chi connectivity index (χ4n) is 1.88. The Kier molecular flexibility index (Phi) is 4.84. The first kappa shape index (κ1) is 15.5. The van der Waals surface area contributed by atoms with E-state index in [9.17, 15) is 5.11 Å². The number of aliphatic hydroxyl groups excluding tert-OH is 1. The first-order valence-electron chi connectivity index (χ1n) is 6.35. The molecule has 0 spiro atoms. The quantitative estimate of drug-likeness (QED) is 0.895. The molecule has 0 saturated heterocycles. The molecule has 18 heavy (non-hydrogen) atoms. The van der Waals surface area contributed by atoms with Gasteiger partial charge < -0.3 is 10.0 Å². The molecule has 0 bridgehead atoms. The van der Waals surface area contributed by atoms with E-state index in [1.807, 2.05) is 6.07 Å². The van der Waals surface area contributed by atoms with Crippen LogP contribution in [0.3, 0.4) is 0 Å². The normalized spacial score (nSPS) is 15.3. The molecule has 2 atom stereocenters. The molecule has 1 unspecified atom stereocenters. The van der Waals surface area contributed by atoms with Crippen molar-refractivity contribution in [1.82, 2.24) is 0 Å². The minimum absolute atomic E-state index is 0.226. The second-order valence-corrected chi connectivity index (χ2v) is 6.89. The third kappa shape index (κ3) is 3.48. The van der Waals surface area contributed by atoms with E-state index in [-0.39, 0.29) is 5.41 Å². The molecule has 3 heteroatoms. The molecule has 0 aliphatic carbocycles. The van der Waals surface area contributed by atoms with E-state index in [1.54, 1.807) is 6.92 Å². The van der Waals surface area contributed by atoms with Gasteiger partial charge in [0.15, 0.2) is 0 Å². The summed E-state index contributed by atoms with van der Waals surface area (Å²) >= 11 is 3.53. The lowest BCUT2D eigenvalue weighted by molar-refractivity contribution is 0.198. The average Bonchev–Trinajstić information content (AvgIpc) is 2.25. The van der Waals surface area contributed by atoms with Crippen LogP contribution in [0.4, 0.5) is 5.69 Å². The van der Waals surface area contributed by atoms with Gasteiger partial charge in [-0.05, 0) is 37.0 Å². The maximum Gasteiger partial charge on any atom is 0.0772 e. The summed E-state index contributed by atoms with van der Waals surface area (Å²) in [7, 11) is 2.11. The number of anilines is 1. The zero-order chi connectivity index (χ0) is 14.1. The van der Waals surface area contributed by atoms with Crippen LogP contribution in [0.15, 0.2) is 22.7 Å². The zero-order valence-electron chi connectivity index (χ0n) is 12.2. The maximum absolute atomic E-state index is 9.63. The lowest BCUT2D eigenvalue weighted by Crippen LogP contribution is -2.39. The van der Waals surface area contributed by atoms with Crippen LogP contribution in [0.2, 0.25) is 0 Å². The van der Waals surface area contributed by atoms with Gasteiger partial charge in [-0.25, -0.2) is 0 Å². The molecule has 0 amide bonds. The van der Waals surface area contributed by atoms with Crippen molar-refractivity contribution in [3.63, 3.8) is 0 Å². The topological polar surface area (TPSA) is 23.5 Å². The number of hydrogen-bond acceptors (Lipinski definition) is 2. The number of nitrogens with zero attached hydrogens (tertiary/aromatic N) is 1. The molecule has 1 aromatic carbocycles. The highest BCUT2D eigenvalue weighted by atomic mass is 79.9. The van der Waals surface area contributed by atoms with Crippen molar-refractivity contribution >= 4 is 21.6 Å². The zero-order valence-corrected chi connectivity index (χ0v) is 13.7. The van der Waals surface area contributed by atoms with Gasteiger partial charge in [0.1, 0.15) is 0 Å². The van der Waals surface area contributed by atoms with Crippen molar-refractivity contribution in [2.75, 3.05) is 11.9 Å². The average molecular weight is 314 g/mol. The molecule has 0 aliphatic heterocycles. The molecule has 0 heterocycles. The first-order valence-corrected chi connectivity index (χ1v) is 7.14. The summed E-state index contributed by atoms with van der Waals surface area (Å²) in [4.78, 5) is 2.27. The summed E-state index contributed by atoms with van der Waals surface area (Å²) in [6.45, 7) is 10.7. The summed E-state index contributed by atoms with van der Waals surface area (Å²) in [5.74, 6) is 0. The van der Waals surface area contributed by atoms with E-state index in [2.05, 4.69) is 67.7 Å². The third-order valence-corrected chi connectivity index (χ3v) is 4.36. The smallest absolute Gasteiger partial charge is 0.0772 e. The fourth-order valence-corrected chi connectivity index (χ4v) is 2.58. The van der Waals surface area contributed by atoms with Gasteiger partial charge >= 0.3 is 0 Å². The van der Waals surface area contributed by atoms with Gasteiger partial charge in [0, 0.05) is 23.2 Å². The van der Waals surface area contributed by atoms with E-state index in [1.165, 1.54) is 0 Å². The van der Waals surface area contributed by atoms with Gasteiger partial charge in [0.25, 0.3) is 0 Å². The third-order valence-electron chi connectivity index (χ3n) is 3.68. The van der Waals surface area contributed by atoms with E-state index in [4.69, 9.17) is 0 Å². The number of rotatable bonds is 3. The Labute approximate surface area is 119 Å². The number of hydrogen-bond donors (Lipinski definition) is 1. The van der Waals surface area contributed by atoms with Crippen molar-refractivity contribution < 1.29 is 5.11 Å². The molecule has 1 N–H and O–H groups in total. The van der Waals surface area contributed by atoms with Crippen LogP contribution in [0, 0.1) is 5.41 Å². The van der Waals surface area contributed by atoms with Crippen molar-refractivity contribution in [2.24, 2.45) is 5.41 Å². The SMILES string of the molecule is CC(N(C)c1ccc([C@H](C)O)c(Br)c1)C(C)(C)C. The van der Waals surface area contributed by atoms with Crippen molar-refractivity contribution in [2.45, 2.75) is 46.8 Å². The van der Waals surface area contributed by atoms with Gasteiger partial charge in [-0.2, -0.15) is 0 Å². The lowest BCUT2D eigenvalue weighted by Gasteiger charge is -2.37. The molecule has 0 aromatic heterocycles. The molecule has 0 aliphatic rings. The Balaban J connectivity index is 3.02. The second kappa shape index (κ2) is 5.62. The maximum atomic E-state index is 9.63. The van der Waals surface area contributed by atoms with Gasteiger partial charge in [0.2, 0.25) is 0 Å². The second-order valence-electron chi connectivity index (χ2n) is 6.03. The molecule has 0 radical (unpaired) electrons. The van der Waals surface area contributed by atoms with Gasteiger partial charge in [0.05, 0.1) is 6.10 Å². The van der Waals surface area contributed by atoms with Crippen LogP contribution in [0.5, 0.6) is 0 Å². The largest absolute Gasteiger partial charge is 0.389 e. The minimum atomic E-state index is -0.446. The molecule has 102 valence electrons. The lowest BCUT2D eigenvalue weighted by atomic mass is 9.87. The van der Waals surface area contributed by atoms with Gasteiger partial charge in [-0.15, -0.1) is 0 Å². The molecule has 2 nitrogen and oxygen atoms in total. The van der Waals surface area contributed by atoms with E-state index >= 15 is 0 Å². The number of benzene rings is 1. The highest BCUT2D eigenvalue weighted by Crippen LogP contribution is 2.31. The minimum Gasteiger partial charge on any atom is -0.389 e. The van der Waals surface area contributed by atoms with Crippen LogP contribution in [-0.4, -0.2) is 18.2 Å². The Morgan fingerprint density at radius 3 is 2.17 bits per heavy atom. The van der Waals surface area contributed by atoms with E-state index < -0.39 is 6.10 Å². The Morgan fingerprint density at radius 2 is 1.78 bits per heavy atom. The predicted molar refractivity (Wildman–Crippen MR) is 82.1 cm³/mol. The van der Waals surface area contributed by atoms with Gasteiger partial charge in [-0.1, -0.05) is 42.8 Å². The van der Waals surface area contributed by atoms with Gasteiger partial charge in [-0.3, -0.25) is 0 Å². The molecule has 1 aromatic rings. The van der Waals surface area contributed by atoms with Crippen molar-refractivity contribution in [3.05, 3.63) is 28.2 Å². The Hall–Kier alpha value is -0.540. The van der Waals surface area contributed by atoms with E-state index in [0.717, 1.165) is 15.7 Å². The molecule has 0 saturated carbocycles. The first-order chi connectivity index (χ1) is 8.14. The Morgan fingerprint density at radius 1 is 1.22 bits per heavy atom. The summed E-state index contributed by atoms with van der Waals surface area (Å²) in [5.41, 5.74) is 2.31. The van der Waals surface area contributed by atoms with Crippen LogP contribution in [0.1, 0.15) is 46.3 Å². The highest BCUT2D eigenvalue weighted by molar-refractivity contribution is 9.10. The van der Waals surface area contributed by atoms with Crippen LogP contribution in [-0.2, 0) is 0 Å². The predicted octanol–water partition coefficient (Wildman–Crippen LogP) is 4.37. The van der Waals surface area contributed by atoms with Crippen molar-refractivity contribution in [3.8, 4) is 0 Å².